The molecular formula is C14H24N2O2. The fourth-order valence-corrected chi connectivity index (χ4v) is 1.81. The zero-order chi connectivity index (χ0) is 13.4. The van der Waals surface area contributed by atoms with Gasteiger partial charge >= 0.3 is 0 Å². The first-order valence-corrected chi connectivity index (χ1v) is 6.33. The van der Waals surface area contributed by atoms with Crippen molar-refractivity contribution in [3.05, 3.63) is 29.3 Å². The second kappa shape index (κ2) is 8.08. The van der Waals surface area contributed by atoms with Gasteiger partial charge in [-0.15, -0.1) is 0 Å². The van der Waals surface area contributed by atoms with Crippen LogP contribution in [0.4, 0.5) is 0 Å². The lowest BCUT2D eigenvalue weighted by molar-refractivity contribution is 0.120. The van der Waals surface area contributed by atoms with Crippen molar-refractivity contribution < 1.29 is 9.47 Å². The number of hydrogen-bond acceptors (Lipinski definition) is 4. The van der Waals surface area contributed by atoms with Crippen LogP contribution in [0.5, 0.6) is 5.75 Å². The summed E-state index contributed by atoms with van der Waals surface area (Å²) in [4.78, 5) is 2.23. The lowest BCUT2D eigenvalue weighted by atomic mass is 10.1. The van der Waals surface area contributed by atoms with Crippen molar-refractivity contribution in [2.45, 2.75) is 20.0 Å². The average molecular weight is 252 g/mol. The molecule has 0 aliphatic heterocycles. The average Bonchev–Trinajstić information content (AvgIpc) is 2.39. The van der Waals surface area contributed by atoms with Crippen LogP contribution in [0.3, 0.4) is 0 Å². The lowest BCUT2D eigenvalue weighted by Gasteiger charge is -2.17. The first-order chi connectivity index (χ1) is 8.71. The fourth-order valence-electron chi connectivity index (χ4n) is 1.81. The number of hydrogen-bond donors (Lipinski definition) is 1. The Hall–Kier alpha value is -1.10. The van der Waals surface area contributed by atoms with E-state index in [9.17, 15) is 0 Å². The van der Waals surface area contributed by atoms with E-state index in [1.165, 1.54) is 5.56 Å². The Morgan fingerprint density at radius 2 is 2.11 bits per heavy atom. The lowest BCUT2D eigenvalue weighted by Crippen LogP contribution is -2.22. The fraction of sp³-hybridized carbons (Fsp3) is 0.571. The Morgan fingerprint density at radius 1 is 1.33 bits per heavy atom. The van der Waals surface area contributed by atoms with E-state index in [2.05, 4.69) is 24.1 Å². The van der Waals surface area contributed by atoms with Crippen LogP contribution in [0.15, 0.2) is 18.2 Å². The standard InChI is InChI=1S/C14H24N2O2/c1-4-18-8-7-16(2)11-12-5-6-13(10-15)14(9-12)17-3/h5-6,9H,4,7-8,10-11,15H2,1-3H3. The maximum Gasteiger partial charge on any atom is 0.123 e. The SMILES string of the molecule is CCOCCN(C)Cc1ccc(CN)c(OC)c1. The number of rotatable bonds is 8. The van der Waals surface area contributed by atoms with Gasteiger partial charge in [0.25, 0.3) is 0 Å². The number of benzene rings is 1. The minimum absolute atomic E-state index is 0.504. The molecule has 102 valence electrons. The first-order valence-electron chi connectivity index (χ1n) is 6.33. The van der Waals surface area contributed by atoms with E-state index >= 15 is 0 Å². The minimum atomic E-state index is 0.504. The summed E-state index contributed by atoms with van der Waals surface area (Å²) >= 11 is 0. The molecule has 18 heavy (non-hydrogen) atoms. The van der Waals surface area contributed by atoms with Crippen LogP contribution in [-0.2, 0) is 17.8 Å². The molecule has 0 radical (unpaired) electrons. The van der Waals surface area contributed by atoms with Gasteiger partial charge in [0.05, 0.1) is 13.7 Å². The van der Waals surface area contributed by atoms with Crippen LogP contribution >= 0.6 is 0 Å². The van der Waals surface area contributed by atoms with E-state index in [4.69, 9.17) is 15.2 Å². The third-order valence-electron chi connectivity index (χ3n) is 2.85. The second-order valence-electron chi connectivity index (χ2n) is 4.29. The van der Waals surface area contributed by atoms with Crippen molar-refractivity contribution in [1.29, 1.82) is 0 Å². The third-order valence-corrected chi connectivity index (χ3v) is 2.85. The highest BCUT2D eigenvalue weighted by Gasteiger charge is 2.05. The summed E-state index contributed by atoms with van der Waals surface area (Å²) in [5.41, 5.74) is 7.92. The molecule has 0 heterocycles. The van der Waals surface area contributed by atoms with Crippen LogP contribution in [-0.4, -0.2) is 38.8 Å². The van der Waals surface area contributed by atoms with E-state index in [1.54, 1.807) is 7.11 Å². The topological polar surface area (TPSA) is 47.7 Å². The Balaban J connectivity index is 2.56. The molecule has 0 bridgehead atoms. The van der Waals surface area contributed by atoms with Gasteiger partial charge in [0.2, 0.25) is 0 Å². The van der Waals surface area contributed by atoms with Crippen molar-refractivity contribution in [2.24, 2.45) is 5.73 Å². The Bertz CT molecular complexity index is 356. The van der Waals surface area contributed by atoms with E-state index in [1.807, 2.05) is 13.0 Å². The molecule has 4 heteroatoms. The Labute approximate surface area is 110 Å². The molecule has 0 fully saturated rings. The van der Waals surface area contributed by atoms with Gasteiger partial charge in [0.15, 0.2) is 0 Å². The highest BCUT2D eigenvalue weighted by molar-refractivity contribution is 5.37. The third kappa shape index (κ3) is 4.64. The zero-order valence-corrected chi connectivity index (χ0v) is 11.6. The molecule has 0 aliphatic carbocycles. The number of nitrogens with zero attached hydrogens (tertiary/aromatic N) is 1. The van der Waals surface area contributed by atoms with Gasteiger partial charge in [-0.25, -0.2) is 0 Å². The number of methoxy groups -OCH3 is 1. The van der Waals surface area contributed by atoms with Crippen LogP contribution in [0, 0.1) is 0 Å². The van der Waals surface area contributed by atoms with E-state index in [0.29, 0.717) is 6.54 Å². The molecule has 0 atom stereocenters. The van der Waals surface area contributed by atoms with Gasteiger partial charge in [0, 0.05) is 31.8 Å². The summed E-state index contributed by atoms with van der Waals surface area (Å²) in [6, 6.07) is 6.19. The van der Waals surface area contributed by atoms with E-state index in [0.717, 1.165) is 37.6 Å². The maximum absolute atomic E-state index is 5.65. The molecule has 0 saturated heterocycles. The van der Waals surface area contributed by atoms with Crippen molar-refractivity contribution in [2.75, 3.05) is 33.9 Å². The highest BCUT2D eigenvalue weighted by atomic mass is 16.5. The summed E-state index contributed by atoms with van der Waals surface area (Å²) < 4.78 is 10.7. The van der Waals surface area contributed by atoms with Crippen molar-refractivity contribution in [1.82, 2.24) is 4.90 Å². The monoisotopic (exact) mass is 252 g/mol. The molecule has 0 saturated carbocycles. The second-order valence-corrected chi connectivity index (χ2v) is 4.29. The molecule has 0 unspecified atom stereocenters. The molecule has 0 aromatic heterocycles. The van der Waals surface area contributed by atoms with Crippen LogP contribution in [0.25, 0.3) is 0 Å². The predicted molar refractivity (Wildman–Crippen MR) is 73.7 cm³/mol. The summed E-state index contributed by atoms with van der Waals surface area (Å²) in [7, 11) is 3.76. The van der Waals surface area contributed by atoms with E-state index in [-0.39, 0.29) is 0 Å². The molecule has 0 spiro atoms. The molecule has 0 aliphatic rings. The quantitative estimate of drug-likeness (QED) is 0.714. The van der Waals surface area contributed by atoms with Crippen LogP contribution in [0.2, 0.25) is 0 Å². The number of nitrogens with two attached hydrogens (primary N) is 1. The van der Waals surface area contributed by atoms with E-state index < -0.39 is 0 Å². The Kier molecular flexibility index (Phi) is 6.72. The van der Waals surface area contributed by atoms with Crippen LogP contribution < -0.4 is 10.5 Å². The van der Waals surface area contributed by atoms with Gasteiger partial charge in [-0.2, -0.15) is 0 Å². The minimum Gasteiger partial charge on any atom is -0.496 e. The molecule has 0 amide bonds. The zero-order valence-electron chi connectivity index (χ0n) is 11.6. The molecule has 1 rings (SSSR count). The molecule has 2 N–H and O–H groups in total. The molecule has 1 aromatic rings. The Morgan fingerprint density at radius 3 is 2.72 bits per heavy atom. The molecular weight excluding hydrogens is 228 g/mol. The maximum atomic E-state index is 5.65. The van der Waals surface area contributed by atoms with Crippen molar-refractivity contribution >= 4 is 0 Å². The van der Waals surface area contributed by atoms with Gasteiger partial charge in [-0.3, -0.25) is 4.90 Å². The smallest absolute Gasteiger partial charge is 0.123 e. The number of likely N-dealkylation sites (N-methyl/N-ethyl adjacent to an activating group) is 1. The predicted octanol–water partition coefficient (Wildman–Crippen LogP) is 1.62. The molecule has 1 aromatic carbocycles. The summed E-state index contributed by atoms with van der Waals surface area (Å²) in [5.74, 6) is 0.869. The van der Waals surface area contributed by atoms with Crippen molar-refractivity contribution in [3.8, 4) is 5.75 Å². The highest BCUT2D eigenvalue weighted by Crippen LogP contribution is 2.20. The summed E-state index contributed by atoms with van der Waals surface area (Å²) in [6.07, 6.45) is 0. The largest absolute Gasteiger partial charge is 0.496 e. The van der Waals surface area contributed by atoms with Gasteiger partial charge in [0.1, 0.15) is 5.75 Å². The van der Waals surface area contributed by atoms with Gasteiger partial charge in [-0.05, 0) is 25.6 Å². The first kappa shape index (κ1) is 15.0. The molecule has 4 nitrogen and oxygen atoms in total. The van der Waals surface area contributed by atoms with Gasteiger partial charge < -0.3 is 15.2 Å². The van der Waals surface area contributed by atoms with Crippen LogP contribution in [0.1, 0.15) is 18.1 Å². The van der Waals surface area contributed by atoms with Gasteiger partial charge in [-0.1, -0.05) is 12.1 Å². The van der Waals surface area contributed by atoms with Crippen molar-refractivity contribution in [3.63, 3.8) is 0 Å². The summed E-state index contributed by atoms with van der Waals surface area (Å²) in [6.45, 7) is 5.86. The normalized spacial score (nSPS) is 10.9. The summed E-state index contributed by atoms with van der Waals surface area (Å²) in [5, 5.41) is 0. The number of ether oxygens (including phenoxy) is 2.